The minimum atomic E-state index is -3.30. The molecule has 1 aromatic heterocycles. The number of hydrogen-bond donors (Lipinski definition) is 2. The molecule has 94 valence electrons. The van der Waals surface area contributed by atoms with Gasteiger partial charge in [-0.05, 0) is 6.92 Å². The molecule has 0 spiro atoms. The Bertz CT molecular complexity index is 602. The number of aryl methyl sites for hydroxylation is 1. The number of rotatable bonds is 4. The maximum absolute atomic E-state index is 11.5. The minimum Gasteiger partial charge on any atom is -0.481 e. The Kier molecular flexibility index (Phi) is 3.66. The lowest BCUT2D eigenvalue weighted by Gasteiger charge is -2.04. The highest BCUT2D eigenvalue weighted by atomic mass is 32.2. The van der Waals surface area contributed by atoms with Crippen molar-refractivity contribution in [2.75, 3.05) is 6.26 Å². The van der Waals surface area contributed by atoms with Gasteiger partial charge in [0.1, 0.15) is 11.6 Å². The van der Waals surface area contributed by atoms with E-state index in [1.165, 1.54) is 6.92 Å². The van der Waals surface area contributed by atoms with E-state index in [0.29, 0.717) is 0 Å². The Hall–Kier alpha value is -1.70. The van der Waals surface area contributed by atoms with Crippen molar-refractivity contribution < 1.29 is 18.3 Å². The van der Waals surface area contributed by atoms with Crippen molar-refractivity contribution in [1.29, 1.82) is 0 Å². The molecule has 0 aliphatic rings. The van der Waals surface area contributed by atoms with Gasteiger partial charge in [-0.2, -0.15) is 0 Å². The van der Waals surface area contributed by atoms with Gasteiger partial charge in [-0.3, -0.25) is 9.59 Å². The summed E-state index contributed by atoms with van der Waals surface area (Å²) in [6, 6.07) is 0. The van der Waals surface area contributed by atoms with Crippen LogP contribution in [0.4, 0.5) is 0 Å². The summed E-state index contributed by atoms with van der Waals surface area (Å²) in [6.45, 7) is 1.47. The Morgan fingerprint density at radius 2 is 2.06 bits per heavy atom. The van der Waals surface area contributed by atoms with Crippen LogP contribution >= 0.6 is 0 Å². The molecule has 8 heteroatoms. The molecule has 2 N–H and O–H groups in total. The van der Waals surface area contributed by atoms with E-state index in [2.05, 4.69) is 9.97 Å². The normalized spacial score (nSPS) is 11.4. The fourth-order valence-electron chi connectivity index (χ4n) is 1.34. The van der Waals surface area contributed by atoms with Crippen LogP contribution in [0.15, 0.2) is 4.79 Å². The Balaban J connectivity index is 3.19. The largest absolute Gasteiger partial charge is 0.481 e. The lowest BCUT2D eigenvalue weighted by atomic mass is 10.2. The zero-order chi connectivity index (χ0) is 13.2. The standard InChI is InChI=1S/C9H12N2O5S/c1-5-6(3-8(12)13)9(14)11-7(10-5)4-17(2,15)16/h3-4H2,1-2H3,(H,12,13)(H,10,11,14). The van der Waals surface area contributed by atoms with Gasteiger partial charge in [-0.1, -0.05) is 0 Å². The highest BCUT2D eigenvalue weighted by molar-refractivity contribution is 7.89. The molecule has 0 unspecified atom stereocenters. The molecule has 0 aromatic carbocycles. The highest BCUT2D eigenvalue weighted by Crippen LogP contribution is 2.03. The molecule has 0 saturated carbocycles. The number of aromatic amines is 1. The summed E-state index contributed by atoms with van der Waals surface area (Å²) in [5, 5.41) is 8.60. The van der Waals surface area contributed by atoms with Crippen LogP contribution in [-0.2, 0) is 26.8 Å². The number of nitrogens with one attached hydrogen (secondary N) is 1. The zero-order valence-corrected chi connectivity index (χ0v) is 10.2. The summed E-state index contributed by atoms with van der Waals surface area (Å²) in [7, 11) is -3.30. The van der Waals surface area contributed by atoms with E-state index in [1.54, 1.807) is 0 Å². The first kappa shape index (κ1) is 13.4. The summed E-state index contributed by atoms with van der Waals surface area (Å²) < 4.78 is 22.1. The molecule has 7 nitrogen and oxygen atoms in total. The second-order valence-corrected chi connectivity index (χ2v) is 5.86. The van der Waals surface area contributed by atoms with Crippen LogP contribution in [0.2, 0.25) is 0 Å². The number of carboxylic acids is 1. The molecule has 0 aliphatic heterocycles. The highest BCUT2D eigenvalue weighted by Gasteiger charge is 2.13. The molecule has 1 rings (SSSR count). The number of carboxylic acid groups (broad SMARTS) is 1. The van der Waals surface area contributed by atoms with Gasteiger partial charge in [0.15, 0.2) is 9.84 Å². The summed E-state index contributed by atoms with van der Waals surface area (Å²) in [5.41, 5.74) is -0.344. The van der Waals surface area contributed by atoms with Gasteiger partial charge in [0.05, 0.1) is 6.42 Å². The van der Waals surface area contributed by atoms with Crippen molar-refractivity contribution in [3.05, 3.63) is 27.4 Å². The molecule has 17 heavy (non-hydrogen) atoms. The second-order valence-electron chi connectivity index (χ2n) is 3.72. The van der Waals surface area contributed by atoms with Crippen molar-refractivity contribution in [2.24, 2.45) is 0 Å². The Morgan fingerprint density at radius 1 is 1.47 bits per heavy atom. The molecule has 1 aromatic rings. The van der Waals surface area contributed by atoms with E-state index in [4.69, 9.17) is 5.11 Å². The number of nitrogens with zero attached hydrogens (tertiary/aromatic N) is 1. The number of carbonyl (C=O) groups is 1. The first-order chi connectivity index (χ1) is 7.69. The van der Waals surface area contributed by atoms with Crippen molar-refractivity contribution >= 4 is 15.8 Å². The lowest BCUT2D eigenvalue weighted by molar-refractivity contribution is -0.136. The minimum absolute atomic E-state index is 0.0177. The van der Waals surface area contributed by atoms with Crippen molar-refractivity contribution in [3.8, 4) is 0 Å². The maximum atomic E-state index is 11.5. The van der Waals surface area contributed by atoms with Gasteiger partial charge in [0.2, 0.25) is 0 Å². The summed E-state index contributed by atoms with van der Waals surface area (Å²) in [5.74, 6) is -1.50. The molecule has 0 atom stereocenters. The third-order valence-electron chi connectivity index (χ3n) is 2.00. The molecule has 0 bridgehead atoms. The topological polar surface area (TPSA) is 117 Å². The van der Waals surface area contributed by atoms with Crippen molar-refractivity contribution in [3.63, 3.8) is 0 Å². The van der Waals surface area contributed by atoms with Crippen LogP contribution in [0.5, 0.6) is 0 Å². The third kappa shape index (κ3) is 3.99. The van der Waals surface area contributed by atoms with Crippen molar-refractivity contribution in [1.82, 2.24) is 9.97 Å². The van der Waals surface area contributed by atoms with Gasteiger partial charge in [0, 0.05) is 17.5 Å². The van der Waals surface area contributed by atoms with E-state index in [-0.39, 0.29) is 22.8 Å². The van der Waals surface area contributed by atoms with E-state index < -0.39 is 27.8 Å². The molecule has 1 heterocycles. The molecule has 0 fully saturated rings. The average Bonchev–Trinajstić information content (AvgIpc) is 2.08. The smallest absolute Gasteiger partial charge is 0.308 e. The number of H-pyrrole nitrogens is 1. The quantitative estimate of drug-likeness (QED) is 0.735. The molecule has 0 aliphatic carbocycles. The van der Waals surface area contributed by atoms with Gasteiger partial charge in [-0.25, -0.2) is 13.4 Å². The third-order valence-corrected chi connectivity index (χ3v) is 2.80. The second kappa shape index (κ2) is 4.66. The van der Waals surface area contributed by atoms with Gasteiger partial charge < -0.3 is 10.1 Å². The van der Waals surface area contributed by atoms with Gasteiger partial charge in [-0.15, -0.1) is 0 Å². The van der Waals surface area contributed by atoms with E-state index in [1.807, 2.05) is 0 Å². The predicted octanol–water partition coefficient (Wildman–Crippen LogP) is -0.750. The number of aliphatic carboxylic acids is 1. The van der Waals surface area contributed by atoms with Gasteiger partial charge >= 0.3 is 5.97 Å². The van der Waals surface area contributed by atoms with Gasteiger partial charge in [0.25, 0.3) is 5.56 Å². The lowest BCUT2D eigenvalue weighted by Crippen LogP contribution is -2.22. The number of aromatic nitrogens is 2. The first-order valence-electron chi connectivity index (χ1n) is 4.67. The van der Waals surface area contributed by atoms with Crippen LogP contribution in [0, 0.1) is 6.92 Å². The number of sulfone groups is 1. The van der Waals surface area contributed by atoms with Crippen LogP contribution in [-0.4, -0.2) is 35.7 Å². The van der Waals surface area contributed by atoms with Crippen LogP contribution in [0.3, 0.4) is 0 Å². The SMILES string of the molecule is Cc1nc(CS(C)(=O)=O)[nH]c(=O)c1CC(=O)O. The summed E-state index contributed by atoms with van der Waals surface area (Å²) in [4.78, 5) is 28.2. The monoisotopic (exact) mass is 260 g/mol. The van der Waals surface area contributed by atoms with Crippen LogP contribution < -0.4 is 5.56 Å². The molecular weight excluding hydrogens is 248 g/mol. The van der Waals surface area contributed by atoms with E-state index >= 15 is 0 Å². The molecule has 0 radical (unpaired) electrons. The number of hydrogen-bond acceptors (Lipinski definition) is 5. The van der Waals surface area contributed by atoms with E-state index in [9.17, 15) is 18.0 Å². The van der Waals surface area contributed by atoms with Crippen LogP contribution in [0.25, 0.3) is 0 Å². The van der Waals surface area contributed by atoms with Crippen molar-refractivity contribution in [2.45, 2.75) is 19.1 Å². The zero-order valence-electron chi connectivity index (χ0n) is 9.35. The fourth-order valence-corrected chi connectivity index (χ4v) is 1.98. The molecular formula is C9H12N2O5S. The summed E-state index contributed by atoms with van der Waals surface area (Å²) in [6.07, 6.45) is 0.584. The predicted molar refractivity (Wildman–Crippen MR) is 59.5 cm³/mol. The molecule has 0 saturated heterocycles. The Morgan fingerprint density at radius 3 is 2.47 bits per heavy atom. The van der Waals surface area contributed by atoms with Crippen LogP contribution in [0.1, 0.15) is 17.1 Å². The fraction of sp³-hybridized carbons (Fsp3) is 0.444. The Labute approximate surface area is 97.4 Å². The average molecular weight is 260 g/mol. The molecule has 0 amide bonds. The van der Waals surface area contributed by atoms with E-state index in [0.717, 1.165) is 6.26 Å². The summed E-state index contributed by atoms with van der Waals surface area (Å²) >= 11 is 0. The maximum Gasteiger partial charge on any atom is 0.308 e. The first-order valence-corrected chi connectivity index (χ1v) is 6.73.